The first-order valence-corrected chi connectivity index (χ1v) is 6.77. The van der Waals surface area contributed by atoms with E-state index in [1.165, 1.54) is 25.6 Å². The van der Waals surface area contributed by atoms with Crippen molar-refractivity contribution in [1.29, 1.82) is 0 Å². The SMILES string of the molecule is CCC(CC1CC1)Nc1cc(Cl)nc2ncnn12. The predicted octanol–water partition coefficient (Wildman–Crippen LogP) is 2.77. The van der Waals surface area contributed by atoms with Crippen molar-refractivity contribution in [2.75, 3.05) is 5.32 Å². The minimum absolute atomic E-state index is 0.444. The zero-order chi connectivity index (χ0) is 12.5. The minimum Gasteiger partial charge on any atom is -0.367 e. The largest absolute Gasteiger partial charge is 0.367 e. The summed E-state index contributed by atoms with van der Waals surface area (Å²) in [5.41, 5.74) is 0. The topological polar surface area (TPSA) is 55.1 Å². The monoisotopic (exact) mass is 265 g/mol. The number of hydrogen-bond donors (Lipinski definition) is 1. The van der Waals surface area contributed by atoms with Crippen LogP contribution in [0.4, 0.5) is 5.82 Å². The Bertz CT molecular complexity index is 548. The lowest BCUT2D eigenvalue weighted by Crippen LogP contribution is -2.21. The molecular weight excluding hydrogens is 250 g/mol. The second kappa shape index (κ2) is 4.72. The summed E-state index contributed by atoms with van der Waals surface area (Å²) in [6, 6.07) is 2.27. The Morgan fingerprint density at radius 1 is 1.56 bits per heavy atom. The van der Waals surface area contributed by atoms with Gasteiger partial charge >= 0.3 is 0 Å². The fourth-order valence-corrected chi connectivity index (χ4v) is 2.36. The van der Waals surface area contributed by atoms with Gasteiger partial charge in [-0.1, -0.05) is 31.4 Å². The van der Waals surface area contributed by atoms with Crippen LogP contribution in [0.15, 0.2) is 12.4 Å². The molecule has 0 saturated heterocycles. The summed E-state index contributed by atoms with van der Waals surface area (Å²) in [7, 11) is 0. The van der Waals surface area contributed by atoms with Crippen molar-refractivity contribution in [2.45, 2.75) is 38.6 Å². The Labute approximate surface area is 111 Å². The van der Waals surface area contributed by atoms with Gasteiger partial charge in [0.2, 0.25) is 0 Å². The van der Waals surface area contributed by atoms with E-state index in [0.29, 0.717) is 17.0 Å². The Balaban J connectivity index is 1.85. The average Bonchev–Trinajstić information content (AvgIpc) is 3.03. The maximum Gasteiger partial charge on any atom is 0.255 e. The van der Waals surface area contributed by atoms with E-state index in [1.807, 2.05) is 0 Å². The summed E-state index contributed by atoms with van der Waals surface area (Å²) in [5.74, 6) is 2.30. The van der Waals surface area contributed by atoms with Gasteiger partial charge in [0.25, 0.3) is 5.78 Å². The Kier molecular flexibility index (Phi) is 3.07. The van der Waals surface area contributed by atoms with Crippen molar-refractivity contribution in [3.8, 4) is 0 Å². The van der Waals surface area contributed by atoms with E-state index < -0.39 is 0 Å². The van der Waals surface area contributed by atoms with Crippen LogP contribution >= 0.6 is 11.6 Å². The number of aromatic nitrogens is 4. The Morgan fingerprint density at radius 2 is 2.39 bits per heavy atom. The number of nitrogens with zero attached hydrogens (tertiary/aromatic N) is 4. The molecule has 0 radical (unpaired) electrons. The van der Waals surface area contributed by atoms with E-state index in [2.05, 4.69) is 27.3 Å². The molecule has 0 amide bonds. The molecular formula is C12H16ClN5. The highest BCUT2D eigenvalue weighted by Crippen LogP contribution is 2.34. The van der Waals surface area contributed by atoms with Crippen LogP contribution in [-0.2, 0) is 0 Å². The highest BCUT2D eigenvalue weighted by Gasteiger charge is 2.25. The van der Waals surface area contributed by atoms with Gasteiger partial charge in [-0.15, -0.1) is 0 Å². The third-order valence-electron chi connectivity index (χ3n) is 3.38. The number of fused-ring (bicyclic) bond motifs is 1. The third-order valence-corrected chi connectivity index (χ3v) is 3.57. The van der Waals surface area contributed by atoms with Crippen LogP contribution in [-0.4, -0.2) is 25.6 Å². The molecule has 96 valence electrons. The van der Waals surface area contributed by atoms with E-state index >= 15 is 0 Å². The molecule has 5 nitrogen and oxygen atoms in total. The van der Waals surface area contributed by atoms with E-state index in [-0.39, 0.29) is 0 Å². The molecule has 1 aliphatic carbocycles. The zero-order valence-corrected chi connectivity index (χ0v) is 11.1. The number of hydrogen-bond acceptors (Lipinski definition) is 4. The molecule has 2 heterocycles. The van der Waals surface area contributed by atoms with Gasteiger partial charge in [0, 0.05) is 12.1 Å². The molecule has 0 bridgehead atoms. The molecule has 0 spiro atoms. The van der Waals surface area contributed by atoms with Crippen molar-refractivity contribution in [3.63, 3.8) is 0 Å². The fraction of sp³-hybridized carbons (Fsp3) is 0.583. The van der Waals surface area contributed by atoms with Gasteiger partial charge in [-0.05, 0) is 18.8 Å². The minimum atomic E-state index is 0.444. The molecule has 2 aromatic heterocycles. The molecule has 1 saturated carbocycles. The standard InChI is InChI=1S/C12H16ClN5/c1-2-9(5-8-3-4-8)16-11-6-10(13)17-12-14-7-15-18(11)12/h6-9,16H,2-5H2,1H3. The van der Waals surface area contributed by atoms with Gasteiger partial charge in [0.05, 0.1) is 0 Å². The third kappa shape index (κ3) is 2.41. The van der Waals surface area contributed by atoms with Gasteiger partial charge in [0.1, 0.15) is 17.3 Å². The summed E-state index contributed by atoms with van der Waals surface area (Å²) < 4.78 is 1.70. The molecule has 3 rings (SSSR count). The summed E-state index contributed by atoms with van der Waals surface area (Å²) >= 11 is 5.99. The van der Waals surface area contributed by atoms with Crippen molar-refractivity contribution in [2.24, 2.45) is 5.92 Å². The van der Waals surface area contributed by atoms with Gasteiger partial charge in [0.15, 0.2) is 0 Å². The first-order chi connectivity index (χ1) is 8.76. The van der Waals surface area contributed by atoms with Gasteiger partial charge < -0.3 is 5.32 Å². The number of anilines is 1. The first-order valence-electron chi connectivity index (χ1n) is 6.39. The molecule has 1 unspecified atom stereocenters. The average molecular weight is 266 g/mol. The normalized spacial score (nSPS) is 17.0. The summed E-state index contributed by atoms with van der Waals surface area (Å²) in [6.45, 7) is 2.20. The first kappa shape index (κ1) is 11.7. The molecule has 1 aliphatic rings. The Morgan fingerprint density at radius 3 is 3.11 bits per heavy atom. The number of halogens is 1. The van der Waals surface area contributed by atoms with E-state index in [9.17, 15) is 0 Å². The van der Waals surface area contributed by atoms with Gasteiger partial charge in [-0.2, -0.15) is 19.6 Å². The van der Waals surface area contributed by atoms with Crippen molar-refractivity contribution < 1.29 is 0 Å². The predicted molar refractivity (Wildman–Crippen MR) is 70.8 cm³/mol. The quantitative estimate of drug-likeness (QED) is 0.845. The highest BCUT2D eigenvalue weighted by molar-refractivity contribution is 6.29. The van der Waals surface area contributed by atoms with E-state index in [0.717, 1.165) is 18.2 Å². The summed E-state index contributed by atoms with van der Waals surface area (Å²) in [4.78, 5) is 8.18. The summed E-state index contributed by atoms with van der Waals surface area (Å²) in [6.07, 6.45) is 6.53. The zero-order valence-electron chi connectivity index (χ0n) is 10.3. The molecule has 1 N–H and O–H groups in total. The molecule has 6 heteroatoms. The lowest BCUT2D eigenvalue weighted by molar-refractivity contribution is 0.583. The van der Waals surface area contributed by atoms with Crippen molar-refractivity contribution in [1.82, 2.24) is 19.6 Å². The van der Waals surface area contributed by atoms with E-state index in [1.54, 1.807) is 10.6 Å². The molecule has 1 atom stereocenters. The van der Waals surface area contributed by atoms with Crippen LogP contribution in [0.5, 0.6) is 0 Å². The fourth-order valence-electron chi connectivity index (χ4n) is 2.18. The van der Waals surface area contributed by atoms with Gasteiger partial charge in [-0.25, -0.2) is 0 Å². The highest BCUT2D eigenvalue weighted by atomic mass is 35.5. The van der Waals surface area contributed by atoms with Crippen LogP contribution < -0.4 is 5.32 Å². The van der Waals surface area contributed by atoms with Crippen LogP contribution in [0.2, 0.25) is 5.15 Å². The second-order valence-corrected chi connectivity index (χ2v) is 5.25. The molecule has 2 aromatic rings. The van der Waals surface area contributed by atoms with Crippen LogP contribution in [0.3, 0.4) is 0 Å². The molecule has 0 aliphatic heterocycles. The van der Waals surface area contributed by atoms with Crippen LogP contribution in [0, 0.1) is 5.92 Å². The molecule has 1 fully saturated rings. The molecule has 0 aromatic carbocycles. The molecule has 18 heavy (non-hydrogen) atoms. The lowest BCUT2D eigenvalue weighted by Gasteiger charge is -2.18. The maximum absolute atomic E-state index is 5.99. The van der Waals surface area contributed by atoms with Crippen molar-refractivity contribution in [3.05, 3.63) is 17.5 Å². The Hall–Kier alpha value is -1.36. The summed E-state index contributed by atoms with van der Waals surface area (Å²) in [5, 5.41) is 8.11. The maximum atomic E-state index is 5.99. The van der Waals surface area contributed by atoms with Crippen LogP contribution in [0.1, 0.15) is 32.6 Å². The van der Waals surface area contributed by atoms with Gasteiger partial charge in [-0.3, -0.25) is 0 Å². The lowest BCUT2D eigenvalue weighted by atomic mass is 10.1. The number of nitrogens with one attached hydrogen (secondary N) is 1. The smallest absolute Gasteiger partial charge is 0.255 e. The number of rotatable bonds is 5. The second-order valence-electron chi connectivity index (χ2n) is 4.86. The van der Waals surface area contributed by atoms with Crippen molar-refractivity contribution >= 4 is 23.2 Å². The van der Waals surface area contributed by atoms with Crippen LogP contribution in [0.25, 0.3) is 5.78 Å². The van der Waals surface area contributed by atoms with E-state index in [4.69, 9.17) is 11.6 Å².